The molecule has 0 saturated carbocycles. The Balaban J connectivity index is 1.24. The van der Waals surface area contributed by atoms with E-state index in [1.807, 2.05) is 53.9 Å². The maximum absolute atomic E-state index is 5.90. The molecule has 2 aromatic carbocycles. The van der Waals surface area contributed by atoms with Crippen molar-refractivity contribution in [3.63, 3.8) is 0 Å². The third-order valence-electron chi connectivity index (χ3n) is 4.46. The molecule has 0 saturated heterocycles. The normalized spacial score (nSPS) is 10.9. The molecular weight excluding hydrogens is 430 g/mol. The van der Waals surface area contributed by atoms with Gasteiger partial charge in [-0.3, -0.25) is 0 Å². The van der Waals surface area contributed by atoms with Gasteiger partial charge in [-0.2, -0.15) is 4.68 Å². The van der Waals surface area contributed by atoms with E-state index in [1.165, 1.54) is 4.88 Å². The Kier molecular flexibility index (Phi) is 7.54. The van der Waals surface area contributed by atoms with Gasteiger partial charge < -0.3 is 14.8 Å². The van der Waals surface area contributed by atoms with Crippen molar-refractivity contribution in [3.05, 3.63) is 76.5 Å². The summed E-state index contributed by atoms with van der Waals surface area (Å²) < 4.78 is 13.2. The minimum absolute atomic E-state index is 0.547. The number of benzene rings is 2. The summed E-state index contributed by atoms with van der Waals surface area (Å²) in [5.41, 5.74) is 2.09. The van der Waals surface area contributed by atoms with Crippen LogP contribution in [-0.4, -0.2) is 39.6 Å². The van der Waals surface area contributed by atoms with E-state index in [2.05, 4.69) is 33.0 Å². The zero-order valence-corrected chi connectivity index (χ0v) is 18.7. The van der Waals surface area contributed by atoms with E-state index in [9.17, 15) is 0 Å². The fraction of sp³-hybridized carbons (Fsp3) is 0.227. The van der Waals surface area contributed by atoms with Crippen LogP contribution in [0.3, 0.4) is 0 Å². The van der Waals surface area contributed by atoms with Crippen molar-refractivity contribution in [1.82, 2.24) is 25.5 Å². The van der Waals surface area contributed by atoms with Gasteiger partial charge in [0.1, 0.15) is 6.61 Å². The quantitative estimate of drug-likeness (QED) is 0.270. The highest BCUT2D eigenvalue weighted by Crippen LogP contribution is 2.29. The Morgan fingerprint density at radius 1 is 1.06 bits per heavy atom. The molecule has 9 heteroatoms. The standard InChI is InChI=1S/C22H23N5O2S2/c1-28-21-14-17(9-10-20(21)29-16-19-8-5-12-30-19)15-23-11-13-31-22-24-25-26-27(22)18-6-3-2-4-7-18/h2-10,12,14,23H,11,13,15-16H2,1H3. The minimum Gasteiger partial charge on any atom is -0.493 e. The lowest BCUT2D eigenvalue weighted by Crippen LogP contribution is -2.17. The summed E-state index contributed by atoms with van der Waals surface area (Å²) in [7, 11) is 1.66. The average molecular weight is 454 g/mol. The number of nitrogens with one attached hydrogen (secondary N) is 1. The van der Waals surface area contributed by atoms with Crippen LogP contribution in [0.15, 0.2) is 71.2 Å². The van der Waals surface area contributed by atoms with E-state index < -0.39 is 0 Å². The van der Waals surface area contributed by atoms with Crippen molar-refractivity contribution in [2.45, 2.75) is 18.3 Å². The number of thioether (sulfide) groups is 1. The predicted molar refractivity (Wildman–Crippen MR) is 123 cm³/mol. The van der Waals surface area contributed by atoms with Crippen molar-refractivity contribution in [3.8, 4) is 17.2 Å². The van der Waals surface area contributed by atoms with Gasteiger partial charge in [-0.15, -0.1) is 16.4 Å². The molecule has 0 aliphatic rings. The number of tetrazole rings is 1. The largest absolute Gasteiger partial charge is 0.493 e. The van der Waals surface area contributed by atoms with E-state index >= 15 is 0 Å². The summed E-state index contributed by atoms with van der Waals surface area (Å²) in [6.45, 7) is 2.11. The van der Waals surface area contributed by atoms with Gasteiger partial charge in [-0.05, 0) is 51.7 Å². The van der Waals surface area contributed by atoms with Crippen LogP contribution in [-0.2, 0) is 13.2 Å². The zero-order valence-electron chi connectivity index (χ0n) is 17.1. The van der Waals surface area contributed by atoms with Crippen LogP contribution in [0.2, 0.25) is 0 Å². The topological polar surface area (TPSA) is 74.1 Å². The average Bonchev–Trinajstić information content (AvgIpc) is 3.50. The molecule has 7 nitrogen and oxygen atoms in total. The summed E-state index contributed by atoms with van der Waals surface area (Å²) in [6, 6.07) is 20.0. The first kappa shape index (κ1) is 21.4. The maximum atomic E-state index is 5.90. The van der Waals surface area contributed by atoms with Gasteiger partial charge in [0.15, 0.2) is 11.5 Å². The Morgan fingerprint density at radius 3 is 2.77 bits per heavy atom. The molecule has 2 aromatic heterocycles. The third-order valence-corrected chi connectivity index (χ3v) is 6.23. The lowest BCUT2D eigenvalue weighted by Gasteiger charge is -2.12. The molecular formula is C22H23N5O2S2. The summed E-state index contributed by atoms with van der Waals surface area (Å²) in [6.07, 6.45) is 0. The van der Waals surface area contributed by atoms with E-state index in [0.29, 0.717) is 6.61 Å². The van der Waals surface area contributed by atoms with E-state index in [-0.39, 0.29) is 0 Å². The van der Waals surface area contributed by atoms with Crippen molar-refractivity contribution in [2.24, 2.45) is 0 Å². The smallest absolute Gasteiger partial charge is 0.214 e. The van der Waals surface area contributed by atoms with Gasteiger partial charge in [0.25, 0.3) is 0 Å². The molecule has 0 aliphatic carbocycles. The van der Waals surface area contributed by atoms with Gasteiger partial charge in [0, 0.05) is 23.7 Å². The molecule has 4 rings (SSSR count). The lowest BCUT2D eigenvalue weighted by atomic mass is 10.2. The number of methoxy groups -OCH3 is 1. The molecule has 0 unspecified atom stereocenters. The number of thiophene rings is 1. The first-order valence-electron chi connectivity index (χ1n) is 9.83. The summed E-state index contributed by atoms with van der Waals surface area (Å²) in [4.78, 5) is 1.18. The fourth-order valence-corrected chi connectivity index (χ4v) is 4.34. The van der Waals surface area contributed by atoms with Crippen LogP contribution in [0.5, 0.6) is 11.5 Å². The molecule has 0 amide bonds. The summed E-state index contributed by atoms with van der Waals surface area (Å²) >= 11 is 3.30. The number of hydrogen-bond acceptors (Lipinski definition) is 8. The second kappa shape index (κ2) is 10.9. The van der Waals surface area contributed by atoms with Crippen LogP contribution in [0.1, 0.15) is 10.4 Å². The van der Waals surface area contributed by atoms with E-state index in [1.54, 1.807) is 34.9 Å². The SMILES string of the molecule is COc1cc(CNCCSc2nnnn2-c2ccccc2)ccc1OCc1cccs1. The van der Waals surface area contributed by atoms with Gasteiger partial charge in [0.05, 0.1) is 12.8 Å². The van der Waals surface area contributed by atoms with Crippen molar-refractivity contribution in [2.75, 3.05) is 19.4 Å². The van der Waals surface area contributed by atoms with Crippen molar-refractivity contribution in [1.29, 1.82) is 0 Å². The van der Waals surface area contributed by atoms with Crippen molar-refractivity contribution < 1.29 is 9.47 Å². The molecule has 1 N–H and O–H groups in total. The molecule has 0 fully saturated rings. The summed E-state index contributed by atoms with van der Waals surface area (Å²) in [5.74, 6) is 2.35. The lowest BCUT2D eigenvalue weighted by molar-refractivity contribution is 0.287. The third kappa shape index (κ3) is 5.84. The van der Waals surface area contributed by atoms with Crippen molar-refractivity contribution >= 4 is 23.1 Å². The fourth-order valence-electron chi connectivity index (χ4n) is 2.93. The number of rotatable bonds is 11. The molecule has 31 heavy (non-hydrogen) atoms. The number of ether oxygens (including phenoxy) is 2. The zero-order chi connectivity index (χ0) is 21.3. The first-order chi connectivity index (χ1) is 15.3. The molecule has 160 valence electrons. The van der Waals surface area contributed by atoms with Gasteiger partial charge >= 0.3 is 0 Å². The molecule has 4 aromatic rings. The van der Waals surface area contributed by atoms with Gasteiger partial charge in [-0.25, -0.2) is 0 Å². The Labute approximate surface area is 189 Å². The summed E-state index contributed by atoms with van der Waals surface area (Å²) in [5, 5.41) is 18.3. The maximum Gasteiger partial charge on any atom is 0.214 e. The monoisotopic (exact) mass is 453 g/mol. The number of hydrogen-bond donors (Lipinski definition) is 1. The Hall–Kier alpha value is -2.88. The molecule has 0 aliphatic heterocycles. The van der Waals surface area contributed by atoms with Crippen LogP contribution >= 0.6 is 23.1 Å². The first-order valence-corrected chi connectivity index (χ1v) is 11.7. The van der Waals surface area contributed by atoms with Crippen LogP contribution in [0.25, 0.3) is 5.69 Å². The Bertz CT molecular complexity index is 1070. The molecule has 0 atom stereocenters. The second-order valence-electron chi connectivity index (χ2n) is 6.59. The molecule has 0 radical (unpaired) electrons. The predicted octanol–water partition coefficient (Wildman–Crippen LogP) is 4.19. The van der Waals surface area contributed by atoms with Gasteiger partial charge in [0.2, 0.25) is 5.16 Å². The second-order valence-corrected chi connectivity index (χ2v) is 8.68. The number of para-hydroxylation sites is 1. The highest BCUT2D eigenvalue weighted by molar-refractivity contribution is 7.99. The number of nitrogens with zero attached hydrogens (tertiary/aromatic N) is 4. The van der Waals surface area contributed by atoms with Crippen LogP contribution in [0, 0.1) is 0 Å². The highest BCUT2D eigenvalue weighted by Gasteiger charge is 2.09. The molecule has 2 heterocycles. The Morgan fingerprint density at radius 2 is 1.97 bits per heavy atom. The van der Waals surface area contributed by atoms with Gasteiger partial charge in [-0.1, -0.05) is 42.1 Å². The van der Waals surface area contributed by atoms with Crippen LogP contribution < -0.4 is 14.8 Å². The minimum atomic E-state index is 0.547. The van der Waals surface area contributed by atoms with Crippen LogP contribution in [0.4, 0.5) is 0 Å². The van der Waals surface area contributed by atoms with E-state index in [0.717, 1.165) is 46.7 Å². The number of aromatic nitrogens is 4. The molecule has 0 spiro atoms. The molecule has 0 bridgehead atoms. The van der Waals surface area contributed by atoms with E-state index in [4.69, 9.17) is 9.47 Å². The highest BCUT2D eigenvalue weighted by atomic mass is 32.2.